The third-order valence-electron chi connectivity index (χ3n) is 4.88. The van der Waals surface area contributed by atoms with Gasteiger partial charge in [0.05, 0.1) is 12.5 Å². The quantitative estimate of drug-likeness (QED) is 0.842. The van der Waals surface area contributed by atoms with Gasteiger partial charge in [0.15, 0.2) is 0 Å². The number of rotatable bonds is 5. The van der Waals surface area contributed by atoms with Crippen LogP contribution < -0.4 is 10.6 Å². The van der Waals surface area contributed by atoms with Gasteiger partial charge in [-0.3, -0.25) is 9.59 Å². The zero-order chi connectivity index (χ0) is 17.7. The van der Waals surface area contributed by atoms with Crippen molar-refractivity contribution in [1.82, 2.24) is 10.6 Å². The van der Waals surface area contributed by atoms with Gasteiger partial charge in [-0.25, -0.2) is 0 Å². The predicted molar refractivity (Wildman–Crippen MR) is 98.8 cm³/mol. The second-order valence-electron chi connectivity index (χ2n) is 7.90. The maximum Gasteiger partial charge on any atom is 0.222 e. The first-order chi connectivity index (χ1) is 11.3. The van der Waals surface area contributed by atoms with E-state index in [4.69, 9.17) is 0 Å². The average molecular weight is 351 g/mol. The van der Waals surface area contributed by atoms with Gasteiger partial charge in [-0.1, -0.05) is 39.7 Å². The van der Waals surface area contributed by atoms with Crippen molar-refractivity contribution in [2.45, 2.75) is 71.9 Å². The second-order valence-corrected chi connectivity index (χ2v) is 8.88. The SMILES string of the molecule is CC(=O)NC(CC(=O)NC1CCCCC1C(C)(C)C)c1cccs1. The molecule has 3 atom stereocenters. The minimum Gasteiger partial charge on any atom is -0.353 e. The molecule has 1 aromatic rings. The van der Waals surface area contributed by atoms with Crippen LogP contribution in [0.2, 0.25) is 0 Å². The van der Waals surface area contributed by atoms with E-state index in [0.717, 1.165) is 11.3 Å². The number of carbonyl (C=O) groups is 2. The molecule has 24 heavy (non-hydrogen) atoms. The van der Waals surface area contributed by atoms with Crippen LogP contribution in [-0.4, -0.2) is 17.9 Å². The molecule has 1 heterocycles. The molecular weight excluding hydrogens is 320 g/mol. The van der Waals surface area contributed by atoms with Crippen molar-refractivity contribution in [3.8, 4) is 0 Å². The number of hydrogen-bond donors (Lipinski definition) is 2. The van der Waals surface area contributed by atoms with Gasteiger partial charge < -0.3 is 10.6 Å². The smallest absolute Gasteiger partial charge is 0.222 e. The first-order valence-electron chi connectivity index (χ1n) is 8.87. The first kappa shape index (κ1) is 19.0. The molecule has 0 saturated heterocycles. The summed E-state index contributed by atoms with van der Waals surface area (Å²) in [6, 6.07) is 3.92. The first-order valence-corrected chi connectivity index (χ1v) is 9.75. The summed E-state index contributed by atoms with van der Waals surface area (Å²) in [5.74, 6) is 0.436. The van der Waals surface area contributed by atoms with Crippen LogP contribution in [0.1, 0.15) is 70.7 Å². The fourth-order valence-corrected chi connectivity index (χ4v) is 4.53. The Labute approximate surface area is 149 Å². The maximum absolute atomic E-state index is 12.6. The van der Waals surface area contributed by atoms with Crippen molar-refractivity contribution < 1.29 is 9.59 Å². The van der Waals surface area contributed by atoms with Crippen molar-refractivity contribution in [3.05, 3.63) is 22.4 Å². The Bertz CT molecular complexity index is 548. The molecule has 5 heteroatoms. The molecule has 1 fully saturated rings. The molecule has 0 aliphatic heterocycles. The van der Waals surface area contributed by atoms with E-state index in [0.29, 0.717) is 12.3 Å². The summed E-state index contributed by atoms with van der Waals surface area (Å²) in [5, 5.41) is 8.13. The second kappa shape index (κ2) is 8.15. The lowest BCUT2D eigenvalue weighted by molar-refractivity contribution is -0.124. The van der Waals surface area contributed by atoms with Crippen LogP contribution in [0.3, 0.4) is 0 Å². The summed E-state index contributed by atoms with van der Waals surface area (Å²) >= 11 is 1.57. The van der Waals surface area contributed by atoms with Crippen LogP contribution in [0.15, 0.2) is 17.5 Å². The van der Waals surface area contributed by atoms with E-state index in [-0.39, 0.29) is 29.3 Å². The molecule has 1 aromatic heterocycles. The lowest BCUT2D eigenvalue weighted by Gasteiger charge is -2.41. The van der Waals surface area contributed by atoms with Crippen LogP contribution in [0.4, 0.5) is 0 Å². The van der Waals surface area contributed by atoms with Gasteiger partial charge in [0.1, 0.15) is 0 Å². The Morgan fingerprint density at radius 3 is 2.58 bits per heavy atom. The molecule has 1 saturated carbocycles. The highest BCUT2D eigenvalue weighted by Gasteiger charge is 2.35. The minimum atomic E-state index is -0.237. The van der Waals surface area contributed by atoms with Gasteiger partial charge in [-0.2, -0.15) is 0 Å². The van der Waals surface area contributed by atoms with E-state index < -0.39 is 0 Å². The number of hydrogen-bond acceptors (Lipinski definition) is 3. The zero-order valence-corrected chi connectivity index (χ0v) is 16.0. The molecule has 4 nitrogen and oxygen atoms in total. The molecule has 134 valence electrons. The largest absolute Gasteiger partial charge is 0.353 e. The van der Waals surface area contributed by atoms with Crippen LogP contribution in [0.5, 0.6) is 0 Å². The number of nitrogens with one attached hydrogen (secondary N) is 2. The molecule has 3 unspecified atom stereocenters. The lowest BCUT2D eigenvalue weighted by Crippen LogP contribution is -2.47. The molecule has 0 aromatic carbocycles. The van der Waals surface area contributed by atoms with Crippen molar-refractivity contribution in [1.29, 1.82) is 0 Å². The predicted octanol–water partition coefficient (Wildman–Crippen LogP) is 4.04. The van der Waals surface area contributed by atoms with Crippen molar-refractivity contribution >= 4 is 23.2 Å². The van der Waals surface area contributed by atoms with E-state index in [1.165, 1.54) is 26.2 Å². The highest BCUT2D eigenvalue weighted by molar-refractivity contribution is 7.10. The maximum atomic E-state index is 12.6. The molecule has 0 radical (unpaired) electrons. The summed E-state index contributed by atoms with van der Waals surface area (Å²) < 4.78 is 0. The third-order valence-corrected chi connectivity index (χ3v) is 5.86. The van der Waals surface area contributed by atoms with Crippen LogP contribution in [0, 0.1) is 11.3 Å². The summed E-state index contributed by atoms with van der Waals surface area (Å²) in [7, 11) is 0. The average Bonchev–Trinajstić information content (AvgIpc) is 2.99. The summed E-state index contributed by atoms with van der Waals surface area (Å²) in [5.41, 5.74) is 0.198. The number of carbonyl (C=O) groups excluding carboxylic acids is 2. The van der Waals surface area contributed by atoms with Crippen molar-refractivity contribution in [2.24, 2.45) is 11.3 Å². The van der Waals surface area contributed by atoms with E-state index in [9.17, 15) is 9.59 Å². The van der Waals surface area contributed by atoms with Crippen LogP contribution in [-0.2, 0) is 9.59 Å². The molecule has 2 amide bonds. The summed E-state index contributed by atoms with van der Waals surface area (Å²) in [4.78, 5) is 25.1. The molecule has 0 spiro atoms. The van der Waals surface area contributed by atoms with Crippen molar-refractivity contribution in [3.63, 3.8) is 0 Å². The van der Waals surface area contributed by atoms with Crippen LogP contribution in [0.25, 0.3) is 0 Å². The molecular formula is C19H30N2O2S. The Morgan fingerprint density at radius 1 is 1.29 bits per heavy atom. The van der Waals surface area contributed by atoms with Crippen LogP contribution >= 0.6 is 11.3 Å². The van der Waals surface area contributed by atoms with E-state index in [2.05, 4.69) is 31.4 Å². The van der Waals surface area contributed by atoms with Crippen molar-refractivity contribution in [2.75, 3.05) is 0 Å². The highest BCUT2D eigenvalue weighted by Crippen LogP contribution is 2.38. The van der Waals surface area contributed by atoms with E-state index >= 15 is 0 Å². The van der Waals surface area contributed by atoms with E-state index in [1.807, 2.05) is 17.5 Å². The fourth-order valence-electron chi connectivity index (χ4n) is 3.75. The molecule has 1 aliphatic carbocycles. The summed E-state index contributed by atoms with van der Waals surface area (Å²) in [6.07, 6.45) is 4.95. The lowest BCUT2D eigenvalue weighted by atomic mass is 9.69. The zero-order valence-electron chi connectivity index (χ0n) is 15.2. The van der Waals surface area contributed by atoms with Gasteiger partial charge in [0.25, 0.3) is 0 Å². The minimum absolute atomic E-state index is 0.0308. The molecule has 2 N–H and O–H groups in total. The Balaban J connectivity index is 2.00. The Hall–Kier alpha value is -1.36. The number of thiophene rings is 1. The van der Waals surface area contributed by atoms with Gasteiger partial charge in [0, 0.05) is 17.8 Å². The molecule has 2 rings (SSSR count). The third kappa shape index (κ3) is 5.33. The fraction of sp³-hybridized carbons (Fsp3) is 0.684. The van der Waals surface area contributed by atoms with Gasteiger partial charge >= 0.3 is 0 Å². The van der Waals surface area contributed by atoms with E-state index in [1.54, 1.807) is 11.3 Å². The number of amides is 2. The van der Waals surface area contributed by atoms with Gasteiger partial charge in [-0.05, 0) is 35.6 Å². The topological polar surface area (TPSA) is 58.2 Å². The van der Waals surface area contributed by atoms with Gasteiger partial charge in [-0.15, -0.1) is 11.3 Å². The monoisotopic (exact) mass is 350 g/mol. The molecule has 0 bridgehead atoms. The Kier molecular flexibility index (Phi) is 6.44. The molecule has 1 aliphatic rings. The Morgan fingerprint density at radius 2 is 2.00 bits per heavy atom. The van der Waals surface area contributed by atoms with Gasteiger partial charge in [0.2, 0.25) is 11.8 Å². The highest BCUT2D eigenvalue weighted by atomic mass is 32.1. The standard InChI is InChI=1S/C19H30N2O2S/c1-13(22)20-16(17-10-7-11-24-17)12-18(23)21-15-9-6-5-8-14(15)19(2,3)4/h7,10-11,14-16H,5-6,8-9,12H2,1-4H3,(H,20,22)(H,21,23). The normalized spacial score (nSPS) is 22.7. The summed E-state index contributed by atoms with van der Waals surface area (Å²) in [6.45, 7) is 8.27.